The van der Waals surface area contributed by atoms with Gasteiger partial charge in [0.2, 0.25) is 5.91 Å². The van der Waals surface area contributed by atoms with Crippen LogP contribution in [0.4, 0.5) is 0 Å². The number of amides is 1. The highest BCUT2D eigenvalue weighted by Gasteiger charge is 2.48. The molecule has 1 amide bonds. The third kappa shape index (κ3) is 1.60. The first kappa shape index (κ1) is 9.47. The molecule has 1 heterocycles. The van der Waals surface area contributed by atoms with Crippen LogP contribution in [0.1, 0.15) is 25.7 Å². The molecule has 0 unspecified atom stereocenters. The lowest BCUT2D eigenvalue weighted by molar-refractivity contribution is -0.134. The Morgan fingerprint density at radius 3 is 2.43 bits per heavy atom. The minimum absolute atomic E-state index is 0.0916. The van der Waals surface area contributed by atoms with E-state index < -0.39 is 5.54 Å². The average molecular weight is 193 g/mol. The van der Waals surface area contributed by atoms with Crippen molar-refractivity contribution in [3.05, 3.63) is 0 Å². The Labute approximate surface area is 83.7 Å². The molecular weight excluding hydrogens is 178 g/mol. The molecule has 2 aliphatic rings. The molecule has 0 aromatic rings. The quantitative estimate of drug-likeness (QED) is 0.648. The Kier molecular flexibility index (Phi) is 2.20. The van der Waals surface area contributed by atoms with Gasteiger partial charge in [0.1, 0.15) is 0 Å². The van der Waals surface area contributed by atoms with Gasteiger partial charge < -0.3 is 10.6 Å². The Morgan fingerprint density at radius 2 is 2.00 bits per heavy atom. The second-order valence-electron chi connectivity index (χ2n) is 4.35. The number of hydrogen-bond acceptors (Lipinski definition) is 3. The largest absolute Gasteiger partial charge is 0.341 e. The van der Waals surface area contributed by atoms with Crippen molar-refractivity contribution in [2.45, 2.75) is 31.2 Å². The number of rotatable bonds is 1. The van der Waals surface area contributed by atoms with Gasteiger partial charge in [-0.1, -0.05) is 0 Å². The molecular formula is C10H15N3O. The number of likely N-dealkylation sites (tertiary alicyclic amines) is 1. The Balaban J connectivity index is 1.90. The van der Waals surface area contributed by atoms with E-state index in [1.807, 2.05) is 4.90 Å². The van der Waals surface area contributed by atoms with Gasteiger partial charge >= 0.3 is 0 Å². The van der Waals surface area contributed by atoms with Gasteiger partial charge in [-0.15, -0.1) is 0 Å². The van der Waals surface area contributed by atoms with Crippen LogP contribution in [0.2, 0.25) is 0 Å². The highest BCUT2D eigenvalue weighted by molar-refractivity contribution is 5.89. The van der Waals surface area contributed by atoms with E-state index in [1.165, 1.54) is 0 Å². The Hall–Kier alpha value is -1.08. The molecule has 1 aliphatic carbocycles. The van der Waals surface area contributed by atoms with E-state index in [2.05, 4.69) is 6.07 Å². The topological polar surface area (TPSA) is 70.1 Å². The molecule has 2 fully saturated rings. The normalized spacial score (nSPS) is 25.6. The number of nitrogens with two attached hydrogens (primary N) is 1. The molecule has 0 radical (unpaired) electrons. The van der Waals surface area contributed by atoms with E-state index >= 15 is 0 Å². The van der Waals surface area contributed by atoms with Crippen molar-refractivity contribution in [2.24, 2.45) is 11.7 Å². The molecule has 1 saturated carbocycles. The second kappa shape index (κ2) is 3.25. The summed E-state index contributed by atoms with van der Waals surface area (Å²) >= 11 is 0. The fourth-order valence-electron chi connectivity index (χ4n) is 1.88. The first-order valence-corrected chi connectivity index (χ1v) is 5.13. The summed E-state index contributed by atoms with van der Waals surface area (Å²) in [5.41, 5.74) is 5.29. The van der Waals surface area contributed by atoms with Crippen LogP contribution < -0.4 is 5.73 Å². The maximum Gasteiger partial charge on any atom is 0.242 e. The van der Waals surface area contributed by atoms with E-state index in [9.17, 15) is 4.79 Å². The van der Waals surface area contributed by atoms with E-state index in [-0.39, 0.29) is 11.8 Å². The molecule has 14 heavy (non-hydrogen) atoms. The third-order valence-corrected chi connectivity index (χ3v) is 3.18. The van der Waals surface area contributed by atoms with Crippen LogP contribution in [0.3, 0.4) is 0 Å². The zero-order valence-electron chi connectivity index (χ0n) is 8.20. The maximum atomic E-state index is 11.8. The number of piperidine rings is 1. The number of nitriles is 1. The average Bonchev–Trinajstić information content (AvgIpc) is 2.97. The molecule has 0 aromatic carbocycles. The summed E-state index contributed by atoms with van der Waals surface area (Å²) in [5, 5.41) is 8.71. The van der Waals surface area contributed by atoms with Crippen molar-refractivity contribution in [1.29, 1.82) is 5.26 Å². The summed E-state index contributed by atoms with van der Waals surface area (Å²) in [5.74, 6) is 0.223. The molecule has 0 aromatic heterocycles. The minimum atomic E-state index is -0.542. The van der Waals surface area contributed by atoms with Gasteiger partial charge in [-0.05, 0) is 25.7 Å². The molecule has 0 bridgehead atoms. The Morgan fingerprint density at radius 1 is 1.43 bits per heavy atom. The summed E-state index contributed by atoms with van der Waals surface area (Å²) in [4.78, 5) is 13.6. The van der Waals surface area contributed by atoms with Crippen LogP contribution in [-0.4, -0.2) is 29.4 Å². The monoisotopic (exact) mass is 193 g/mol. The molecule has 2 rings (SSSR count). The maximum absolute atomic E-state index is 11.8. The van der Waals surface area contributed by atoms with Gasteiger partial charge in [0.15, 0.2) is 0 Å². The SMILES string of the molecule is N#CC1CCN(C(=O)C2(N)CC2)CC1. The van der Waals surface area contributed by atoms with Gasteiger partial charge in [-0.2, -0.15) is 5.26 Å². The Bertz CT molecular complexity index is 282. The van der Waals surface area contributed by atoms with E-state index in [0.29, 0.717) is 13.1 Å². The zero-order chi connectivity index (χ0) is 10.2. The zero-order valence-corrected chi connectivity index (χ0v) is 8.20. The third-order valence-electron chi connectivity index (χ3n) is 3.18. The van der Waals surface area contributed by atoms with Crippen LogP contribution >= 0.6 is 0 Å². The van der Waals surface area contributed by atoms with E-state index in [1.54, 1.807) is 0 Å². The highest BCUT2D eigenvalue weighted by Crippen LogP contribution is 2.35. The van der Waals surface area contributed by atoms with E-state index in [0.717, 1.165) is 25.7 Å². The summed E-state index contributed by atoms with van der Waals surface area (Å²) in [6.45, 7) is 1.41. The predicted octanol–water partition coefficient (Wildman–Crippen LogP) is 0.240. The summed E-state index contributed by atoms with van der Waals surface area (Å²) in [7, 11) is 0. The predicted molar refractivity (Wildman–Crippen MR) is 51.1 cm³/mol. The summed E-state index contributed by atoms with van der Waals surface area (Å²) in [6, 6.07) is 2.25. The summed E-state index contributed by atoms with van der Waals surface area (Å²) in [6.07, 6.45) is 3.25. The van der Waals surface area contributed by atoms with Gasteiger partial charge in [0.05, 0.1) is 11.6 Å². The number of carbonyl (C=O) groups is 1. The van der Waals surface area contributed by atoms with Crippen LogP contribution in [0.5, 0.6) is 0 Å². The van der Waals surface area contributed by atoms with Gasteiger partial charge in [-0.3, -0.25) is 4.79 Å². The van der Waals surface area contributed by atoms with Crippen molar-refractivity contribution >= 4 is 5.91 Å². The molecule has 4 nitrogen and oxygen atoms in total. The van der Waals surface area contributed by atoms with Crippen LogP contribution in [0.25, 0.3) is 0 Å². The first-order valence-electron chi connectivity index (χ1n) is 5.13. The smallest absolute Gasteiger partial charge is 0.242 e. The van der Waals surface area contributed by atoms with Crippen molar-refractivity contribution in [3.8, 4) is 6.07 Å². The molecule has 1 aliphatic heterocycles. The summed E-state index contributed by atoms with van der Waals surface area (Å²) < 4.78 is 0. The van der Waals surface area contributed by atoms with Gasteiger partial charge in [0.25, 0.3) is 0 Å². The minimum Gasteiger partial charge on any atom is -0.341 e. The molecule has 2 N–H and O–H groups in total. The molecule has 0 spiro atoms. The van der Waals surface area contributed by atoms with Crippen molar-refractivity contribution in [3.63, 3.8) is 0 Å². The van der Waals surface area contributed by atoms with Crippen molar-refractivity contribution < 1.29 is 4.79 Å². The number of carbonyl (C=O) groups excluding carboxylic acids is 1. The van der Waals surface area contributed by atoms with Crippen molar-refractivity contribution in [2.75, 3.05) is 13.1 Å². The molecule has 76 valence electrons. The lowest BCUT2D eigenvalue weighted by Crippen LogP contribution is -2.48. The standard InChI is InChI=1S/C10H15N3O/c11-7-8-1-5-13(6-2-8)9(14)10(12)3-4-10/h8H,1-6,12H2. The lowest BCUT2D eigenvalue weighted by atomic mass is 9.98. The van der Waals surface area contributed by atoms with Gasteiger partial charge in [-0.25, -0.2) is 0 Å². The first-order chi connectivity index (χ1) is 6.65. The van der Waals surface area contributed by atoms with Crippen molar-refractivity contribution in [1.82, 2.24) is 4.90 Å². The fraction of sp³-hybridized carbons (Fsp3) is 0.800. The number of hydrogen-bond donors (Lipinski definition) is 1. The second-order valence-corrected chi connectivity index (χ2v) is 4.35. The van der Waals surface area contributed by atoms with Crippen LogP contribution in [-0.2, 0) is 4.79 Å². The molecule has 4 heteroatoms. The van der Waals surface area contributed by atoms with Crippen LogP contribution in [0, 0.1) is 17.2 Å². The van der Waals surface area contributed by atoms with Crippen LogP contribution in [0.15, 0.2) is 0 Å². The lowest BCUT2D eigenvalue weighted by Gasteiger charge is -2.31. The fourth-order valence-corrected chi connectivity index (χ4v) is 1.88. The molecule has 1 saturated heterocycles. The highest BCUT2D eigenvalue weighted by atomic mass is 16.2. The van der Waals surface area contributed by atoms with E-state index in [4.69, 9.17) is 11.0 Å². The number of nitrogens with zero attached hydrogens (tertiary/aromatic N) is 2. The molecule has 0 atom stereocenters. The van der Waals surface area contributed by atoms with Gasteiger partial charge in [0, 0.05) is 19.0 Å².